The molecule has 2 heterocycles. The molecule has 1 amide bonds. The molecule has 0 atom stereocenters. The third-order valence-corrected chi connectivity index (χ3v) is 4.70. The Morgan fingerprint density at radius 1 is 1.35 bits per heavy atom. The van der Waals surface area contributed by atoms with Gasteiger partial charge in [-0.15, -0.1) is 11.3 Å². The van der Waals surface area contributed by atoms with Crippen LogP contribution >= 0.6 is 11.3 Å². The standard InChI is InChI=1S/C15H17N3OS/c16-14-13(11-6-1-2-7-12(11)20-14)15(19)18-9-10-5-3-4-8-17-10/h3-5,8H,1-2,6-7,9,16H2,(H,18,19). The molecule has 0 aliphatic heterocycles. The SMILES string of the molecule is Nc1sc2c(c1C(=O)NCc1ccccn1)CCCC2. The Kier molecular flexibility index (Phi) is 3.69. The number of carbonyl (C=O) groups excluding carboxylic acids is 1. The van der Waals surface area contributed by atoms with Crippen molar-refractivity contribution in [3.63, 3.8) is 0 Å². The molecule has 0 bridgehead atoms. The summed E-state index contributed by atoms with van der Waals surface area (Å²) >= 11 is 1.57. The number of fused-ring (bicyclic) bond motifs is 1. The fourth-order valence-electron chi connectivity index (χ4n) is 2.60. The van der Waals surface area contributed by atoms with E-state index in [4.69, 9.17) is 5.73 Å². The predicted octanol–water partition coefficient (Wildman–Crippen LogP) is 2.53. The average molecular weight is 287 g/mol. The van der Waals surface area contributed by atoms with Crippen molar-refractivity contribution < 1.29 is 4.79 Å². The van der Waals surface area contributed by atoms with Crippen molar-refractivity contribution in [1.82, 2.24) is 10.3 Å². The zero-order valence-electron chi connectivity index (χ0n) is 11.2. The number of hydrogen-bond acceptors (Lipinski definition) is 4. The normalized spacial score (nSPS) is 13.8. The zero-order valence-corrected chi connectivity index (χ0v) is 12.0. The first-order valence-electron chi connectivity index (χ1n) is 6.84. The van der Waals surface area contributed by atoms with Gasteiger partial charge in [-0.1, -0.05) is 6.07 Å². The second-order valence-electron chi connectivity index (χ2n) is 4.95. The maximum atomic E-state index is 12.4. The van der Waals surface area contributed by atoms with Crippen molar-refractivity contribution in [2.45, 2.75) is 32.2 Å². The highest BCUT2D eigenvalue weighted by Crippen LogP contribution is 2.36. The number of anilines is 1. The molecule has 0 unspecified atom stereocenters. The largest absolute Gasteiger partial charge is 0.390 e. The van der Waals surface area contributed by atoms with Gasteiger partial charge in [-0.25, -0.2) is 0 Å². The Bertz CT molecular complexity index is 622. The molecular formula is C15H17N3OS. The van der Waals surface area contributed by atoms with E-state index >= 15 is 0 Å². The molecule has 4 nitrogen and oxygen atoms in total. The first-order valence-corrected chi connectivity index (χ1v) is 7.65. The van der Waals surface area contributed by atoms with E-state index in [0.717, 1.165) is 30.5 Å². The maximum Gasteiger partial charge on any atom is 0.254 e. The predicted molar refractivity (Wildman–Crippen MR) is 80.8 cm³/mol. The highest BCUT2D eigenvalue weighted by atomic mass is 32.1. The van der Waals surface area contributed by atoms with Crippen LogP contribution in [0.15, 0.2) is 24.4 Å². The summed E-state index contributed by atoms with van der Waals surface area (Å²) in [5.41, 5.74) is 8.74. The van der Waals surface area contributed by atoms with Crippen LogP contribution in [0.5, 0.6) is 0 Å². The minimum Gasteiger partial charge on any atom is -0.390 e. The topological polar surface area (TPSA) is 68.0 Å². The third-order valence-electron chi connectivity index (χ3n) is 3.58. The van der Waals surface area contributed by atoms with Gasteiger partial charge in [-0.05, 0) is 43.4 Å². The Hall–Kier alpha value is -1.88. The summed E-state index contributed by atoms with van der Waals surface area (Å²) in [4.78, 5) is 17.8. The molecule has 0 saturated heterocycles. The van der Waals surface area contributed by atoms with E-state index in [0.29, 0.717) is 17.1 Å². The molecule has 0 spiro atoms. The number of pyridine rings is 1. The van der Waals surface area contributed by atoms with Crippen molar-refractivity contribution in [3.05, 3.63) is 46.1 Å². The van der Waals surface area contributed by atoms with Crippen molar-refractivity contribution >= 4 is 22.2 Å². The smallest absolute Gasteiger partial charge is 0.254 e. The molecule has 1 aliphatic rings. The van der Waals surface area contributed by atoms with Gasteiger partial charge in [-0.2, -0.15) is 0 Å². The number of nitrogens with two attached hydrogens (primary N) is 1. The number of nitrogen functional groups attached to an aromatic ring is 1. The Morgan fingerprint density at radius 2 is 2.20 bits per heavy atom. The number of rotatable bonds is 3. The number of aromatic nitrogens is 1. The Balaban J connectivity index is 1.76. The number of thiophene rings is 1. The highest BCUT2D eigenvalue weighted by Gasteiger charge is 2.23. The molecule has 0 saturated carbocycles. The summed E-state index contributed by atoms with van der Waals surface area (Å²) < 4.78 is 0. The van der Waals surface area contributed by atoms with Gasteiger partial charge < -0.3 is 11.1 Å². The summed E-state index contributed by atoms with van der Waals surface area (Å²) in [5.74, 6) is -0.0763. The van der Waals surface area contributed by atoms with E-state index in [1.807, 2.05) is 18.2 Å². The maximum absolute atomic E-state index is 12.4. The molecule has 104 valence electrons. The van der Waals surface area contributed by atoms with E-state index in [-0.39, 0.29) is 5.91 Å². The minimum absolute atomic E-state index is 0.0763. The lowest BCUT2D eigenvalue weighted by Crippen LogP contribution is -2.25. The van der Waals surface area contributed by atoms with Gasteiger partial charge in [0.15, 0.2) is 0 Å². The minimum atomic E-state index is -0.0763. The fourth-order valence-corrected chi connectivity index (χ4v) is 3.76. The van der Waals surface area contributed by atoms with Crippen LogP contribution in [0.4, 0.5) is 5.00 Å². The Morgan fingerprint density at radius 3 is 3.00 bits per heavy atom. The number of amides is 1. The molecular weight excluding hydrogens is 270 g/mol. The summed E-state index contributed by atoms with van der Waals surface area (Å²) in [6.07, 6.45) is 6.08. The molecule has 3 rings (SSSR count). The van der Waals surface area contributed by atoms with Crippen LogP contribution < -0.4 is 11.1 Å². The van der Waals surface area contributed by atoms with Crippen LogP contribution in [-0.2, 0) is 19.4 Å². The molecule has 2 aromatic rings. The average Bonchev–Trinajstić information content (AvgIpc) is 2.82. The zero-order chi connectivity index (χ0) is 13.9. The molecule has 20 heavy (non-hydrogen) atoms. The van der Waals surface area contributed by atoms with E-state index in [2.05, 4.69) is 10.3 Å². The lowest BCUT2D eigenvalue weighted by atomic mass is 9.95. The van der Waals surface area contributed by atoms with Gasteiger partial charge in [0.1, 0.15) is 0 Å². The summed E-state index contributed by atoms with van der Waals surface area (Å²) in [6.45, 7) is 0.434. The van der Waals surface area contributed by atoms with Crippen molar-refractivity contribution in [2.24, 2.45) is 0 Å². The number of aryl methyl sites for hydroxylation is 1. The van der Waals surface area contributed by atoms with Gasteiger partial charge in [0, 0.05) is 11.1 Å². The number of nitrogens with zero attached hydrogens (tertiary/aromatic N) is 1. The van der Waals surface area contributed by atoms with E-state index in [1.54, 1.807) is 17.5 Å². The molecule has 0 radical (unpaired) electrons. The van der Waals surface area contributed by atoms with Crippen molar-refractivity contribution in [3.8, 4) is 0 Å². The molecule has 0 aromatic carbocycles. The highest BCUT2D eigenvalue weighted by molar-refractivity contribution is 7.16. The number of carbonyl (C=O) groups is 1. The van der Waals surface area contributed by atoms with Gasteiger partial charge >= 0.3 is 0 Å². The van der Waals surface area contributed by atoms with E-state index < -0.39 is 0 Å². The van der Waals surface area contributed by atoms with E-state index in [1.165, 1.54) is 11.3 Å². The van der Waals surface area contributed by atoms with Gasteiger partial charge in [-0.3, -0.25) is 9.78 Å². The lowest BCUT2D eigenvalue weighted by Gasteiger charge is -2.12. The molecule has 0 fully saturated rings. The summed E-state index contributed by atoms with van der Waals surface area (Å²) in [7, 11) is 0. The van der Waals surface area contributed by atoms with Crippen LogP contribution in [0, 0.1) is 0 Å². The number of hydrogen-bond donors (Lipinski definition) is 2. The van der Waals surface area contributed by atoms with Crippen LogP contribution in [0.3, 0.4) is 0 Å². The molecule has 3 N–H and O–H groups in total. The van der Waals surface area contributed by atoms with Crippen molar-refractivity contribution in [1.29, 1.82) is 0 Å². The van der Waals surface area contributed by atoms with Crippen LogP contribution in [0.25, 0.3) is 0 Å². The van der Waals surface area contributed by atoms with Gasteiger partial charge in [0.05, 0.1) is 22.8 Å². The van der Waals surface area contributed by atoms with Gasteiger partial charge in [0.2, 0.25) is 0 Å². The van der Waals surface area contributed by atoms with Gasteiger partial charge in [0.25, 0.3) is 5.91 Å². The molecule has 1 aliphatic carbocycles. The molecule has 5 heteroatoms. The quantitative estimate of drug-likeness (QED) is 0.911. The van der Waals surface area contributed by atoms with E-state index in [9.17, 15) is 4.79 Å². The molecule has 2 aromatic heterocycles. The van der Waals surface area contributed by atoms with Crippen LogP contribution in [0.1, 0.15) is 39.3 Å². The Labute approximate surface area is 122 Å². The first kappa shape index (κ1) is 13.1. The summed E-state index contributed by atoms with van der Waals surface area (Å²) in [6, 6.07) is 5.67. The third kappa shape index (κ3) is 2.54. The van der Waals surface area contributed by atoms with Crippen LogP contribution in [-0.4, -0.2) is 10.9 Å². The second kappa shape index (κ2) is 5.63. The van der Waals surface area contributed by atoms with Crippen molar-refractivity contribution in [2.75, 3.05) is 5.73 Å². The summed E-state index contributed by atoms with van der Waals surface area (Å²) in [5, 5.41) is 3.57. The fraction of sp³-hybridized carbons (Fsp3) is 0.333. The second-order valence-corrected chi connectivity index (χ2v) is 6.09. The van der Waals surface area contributed by atoms with Crippen LogP contribution in [0.2, 0.25) is 0 Å². The first-order chi connectivity index (χ1) is 9.75. The lowest BCUT2D eigenvalue weighted by molar-refractivity contribution is 0.0950. The monoisotopic (exact) mass is 287 g/mol. The number of nitrogens with one attached hydrogen (secondary N) is 1.